The number of hydrogen-bond acceptors (Lipinski definition) is 5. The van der Waals surface area contributed by atoms with Crippen LogP contribution in [0.25, 0.3) is 5.76 Å². The van der Waals surface area contributed by atoms with Gasteiger partial charge in [0.05, 0.1) is 11.1 Å². The fourth-order valence-corrected chi connectivity index (χ4v) is 4.03. The Balaban J connectivity index is 1.82. The second kappa shape index (κ2) is 8.56. The molecule has 6 heteroatoms. The number of unbranched alkanes of at least 4 members (excludes halogenated alkanes) is 1. The Labute approximate surface area is 164 Å². The lowest BCUT2D eigenvalue weighted by molar-refractivity contribution is -0.122. The molecule has 136 valence electrons. The zero-order valence-electron chi connectivity index (χ0n) is 15.0. The summed E-state index contributed by atoms with van der Waals surface area (Å²) < 4.78 is 6.68. The molecule has 0 bridgehead atoms. The van der Waals surface area contributed by atoms with Gasteiger partial charge in [-0.1, -0.05) is 67.7 Å². The number of allylic oxidation sites excluding steroid dienone is 2. The van der Waals surface area contributed by atoms with E-state index in [1.165, 1.54) is 11.8 Å². The molecule has 2 aliphatic heterocycles. The molecule has 1 aromatic carbocycles. The molecule has 0 N–H and O–H groups in total. The number of thioether (sulfide) groups is 1. The highest BCUT2D eigenvalue weighted by atomic mass is 32.2. The molecule has 0 atom stereocenters. The van der Waals surface area contributed by atoms with Gasteiger partial charge in [0.1, 0.15) is 4.32 Å². The van der Waals surface area contributed by atoms with E-state index in [9.17, 15) is 4.79 Å². The molecule has 2 aliphatic rings. The number of rotatable bonds is 6. The largest absolute Gasteiger partial charge is 0.439 e. The van der Waals surface area contributed by atoms with E-state index in [-0.39, 0.29) is 5.91 Å². The van der Waals surface area contributed by atoms with Crippen LogP contribution in [-0.4, -0.2) is 33.1 Å². The number of ether oxygens (including phenoxy) is 1. The summed E-state index contributed by atoms with van der Waals surface area (Å²) in [6, 6.07) is 10.0. The molecule has 1 fully saturated rings. The van der Waals surface area contributed by atoms with Crippen molar-refractivity contribution in [2.45, 2.75) is 26.7 Å². The van der Waals surface area contributed by atoms with Crippen molar-refractivity contribution in [2.75, 3.05) is 13.1 Å². The molecule has 0 aliphatic carbocycles. The molecule has 1 saturated heterocycles. The number of likely N-dealkylation sites (N-methyl/N-ethyl adjacent to an activating group) is 1. The van der Waals surface area contributed by atoms with Gasteiger partial charge in [0.2, 0.25) is 0 Å². The Bertz CT molecular complexity index is 784. The highest BCUT2D eigenvalue weighted by Crippen LogP contribution is 2.33. The van der Waals surface area contributed by atoms with Crippen molar-refractivity contribution >= 4 is 40.0 Å². The molecule has 0 spiro atoms. The summed E-state index contributed by atoms with van der Waals surface area (Å²) in [6.07, 6.45) is 7.88. The maximum Gasteiger partial charge on any atom is 0.266 e. The lowest BCUT2D eigenvalue weighted by atomic mass is 10.2. The number of carbonyl (C=O) groups excluding carboxylic acids is 1. The number of carbonyl (C=O) groups is 1. The lowest BCUT2D eigenvalue weighted by Gasteiger charge is -2.15. The molecular formula is C20H22N2O2S2. The Morgan fingerprint density at radius 2 is 1.96 bits per heavy atom. The van der Waals surface area contributed by atoms with Crippen LogP contribution in [0.3, 0.4) is 0 Å². The van der Waals surface area contributed by atoms with Gasteiger partial charge in [-0.05, 0) is 19.4 Å². The molecule has 0 saturated carbocycles. The quantitative estimate of drug-likeness (QED) is 0.522. The van der Waals surface area contributed by atoms with Gasteiger partial charge in [-0.25, -0.2) is 0 Å². The number of nitrogens with zero attached hydrogens (tertiary/aromatic N) is 2. The first-order valence-corrected chi connectivity index (χ1v) is 10.0. The van der Waals surface area contributed by atoms with Crippen LogP contribution in [0.15, 0.2) is 59.5 Å². The standard InChI is InChI=1S/C20H22N2O2S2/c1-3-5-13-21-14-16(15-9-7-6-8-10-15)24-18(21)12-11-17-19(23)22(4-2)20(25)26-17/h6-12,14H,3-5,13H2,1-2H3. The molecule has 1 aromatic rings. The number of hydrogen-bond donors (Lipinski definition) is 0. The molecule has 0 aromatic heterocycles. The van der Waals surface area contributed by atoms with Gasteiger partial charge in [0.15, 0.2) is 11.6 Å². The van der Waals surface area contributed by atoms with Crippen LogP contribution in [-0.2, 0) is 9.53 Å². The van der Waals surface area contributed by atoms with Crippen molar-refractivity contribution in [2.24, 2.45) is 0 Å². The fourth-order valence-electron chi connectivity index (χ4n) is 2.71. The smallest absolute Gasteiger partial charge is 0.266 e. The van der Waals surface area contributed by atoms with Crippen molar-refractivity contribution in [1.29, 1.82) is 0 Å². The summed E-state index contributed by atoms with van der Waals surface area (Å²) in [5.74, 6) is 1.52. The minimum absolute atomic E-state index is 0.0336. The highest BCUT2D eigenvalue weighted by Gasteiger charge is 2.30. The Morgan fingerprint density at radius 3 is 2.62 bits per heavy atom. The second-order valence-corrected chi connectivity index (χ2v) is 7.64. The summed E-state index contributed by atoms with van der Waals surface area (Å²) in [7, 11) is 0. The van der Waals surface area contributed by atoms with Gasteiger partial charge in [-0.3, -0.25) is 9.69 Å². The van der Waals surface area contributed by atoms with E-state index < -0.39 is 0 Å². The first-order chi connectivity index (χ1) is 12.6. The van der Waals surface area contributed by atoms with Gasteiger partial charge in [0, 0.05) is 24.7 Å². The second-order valence-electron chi connectivity index (χ2n) is 5.96. The summed E-state index contributed by atoms with van der Waals surface area (Å²) >= 11 is 6.60. The first-order valence-electron chi connectivity index (χ1n) is 8.81. The molecule has 3 rings (SSSR count). The number of benzene rings is 1. The number of thiocarbonyl (C=S) groups is 1. The van der Waals surface area contributed by atoms with E-state index >= 15 is 0 Å². The van der Waals surface area contributed by atoms with Crippen molar-refractivity contribution in [3.05, 3.63) is 65.0 Å². The van der Waals surface area contributed by atoms with E-state index in [1.807, 2.05) is 55.6 Å². The Kier molecular flexibility index (Phi) is 6.16. The minimum Gasteiger partial charge on any atom is -0.439 e. The fraction of sp³-hybridized carbons (Fsp3) is 0.300. The van der Waals surface area contributed by atoms with Crippen LogP contribution in [0.5, 0.6) is 0 Å². The van der Waals surface area contributed by atoms with E-state index in [2.05, 4.69) is 11.8 Å². The third-order valence-corrected chi connectivity index (χ3v) is 5.54. The van der Waals surface area contributed by atoms with Crippen molar-refractivity contribution < 1.29 is 9.53 Å². The average Bonchev–Trinajstić information content (AvgIpc) is 3.19. The summed E-state index contributed by atoms with van der Waals surface area (Å²) in [6.45, 7) is 5.56. The van der Waals surface area contributed by atoms with Gasteiger partial charge >= 0.3 is 0 Å². The predicted molar refractivity (Wildman–Crippen MR) is 111 cm³/mol. The topological polar surface area (TPSA) is 32.8 Å². The average molecular weight is 387 g/mol. The monoisotopic (exact) mass is 386 g/mol. The van der Waals surface area contributed by atoms with Crippen LogP contribution in [0.2, 0.25) is 0 Å². The van der Waals surface area contributed by atoms with E-state index in [0.29, 0.717) is 15.8 Å². The molecule has 4 nitrogen and oxygen atoms in total. The van der Waals surface area contributed by atoms with Crippen molar-refractivity contribution in [1.82, 2.24) is 9.80 Å². The zero-order valence-corrected chi connectivity index (χ0v) is 16.6. The lowest BCUT2D eigenvalue weighted by Crippen LogP contribution is -2.27. The van der Waals surface area contributed by atoms with Gasteiger partial charge < -0.3 is 9.64 Å². The predicted octanol–water partition coefficient (Wildman–Crippen LogP) is 4.72. The number of amides is 1. The third kappa shape index (κ3) is 4.02. The van der Waals surface area contributed by atoms with E-state index in [0.717, 1.165) is 36.6 Å². The van der Waals surface area contributed by atoms with Crippen LogP contribution in [0, 0.1) is 0 Å². The molecule has 2 heterocycles. The van der Waals surface area contributed by atoms with Crippen LogP contribution in [0.4, 0.5) is 0 Å². The van der Waals surface area contributed by atoms with Crippen molar-refractivity contribution in [3.8, 4) is 0 Å². The Morgan fingerprint density at radius 1 is 1.19 bits per heavy atom. The Hall–Kier alpha value is -2.05. The SMILES string of the molecule is CCCCN1C=C(c2ccccc2)OC1=CC=C1SC(=S)N(CC)C1=O. The maximum absolute atomic E-state index is 12.3. The molecule has 0 radical (unpaired) electrons. The summed E-state index contributed by atoms with van der Waals surface area (Å²) in [5.41, 5.74) is 1.04. The molecule has 26 heavy (non-hydrogen) atoms. The molecule has 1 amide bonds. The van der Waals surface area contributed by atoms with Crippen LogP contribution < -0.4 is 0 Å². The van der Waals surface area contributed by atoms with Gasteiger partial charge in [0.25, 0.3) is 5.91 Å². The summed E-state index contributed by atoms with van der Waals surface area (Å²) in [5, 5.41) is 0. The maximum atomic E-state index is 12.3. The minimum atomic E-state index is -0.0336. The van der Waals surface area contributed by atoms with Gasteiger partial charge in [-0.15, -0.1) is 0 Å². The normalized spacial score (nSPS) is 20.3. The van der Waals surface area contributed by atoms with Crippen LogP contribution >= 0.6 is 24.0 Å². The van der Waals surface area contributed by atoms with Gasteiger partial charge in [-0.2, -0.15) is 0 Å². The zero-order chi connectivity index (χ0) is 18.5. The molecule has 0 unspecified atom stereocenters. The molecular weight excluding hydrogens is 364 g/mol. The van der Waals surface area contributed by atoms with Crippen LogP contribution in [0.1, 0.15) is 32.3 Å². The van der Waals surface area contributed by atoms with E-state index in [1.54, 1.807) is 4.90 Å². The highest BCUT2D eigenvalue weighted by molar-refractivity contribution is 8.26. The van der Waals surface area contributed by atoms with E-state index in [4.69, 9.17) is 17.0 Å². The third-order valence-electron chi connectivity index (χ3n) is 4.15. The summed E-state index contributed by atoms with van der Waals surface area (Å²) in [4.78, 5) is 16.7. The van der Waals surface area contributed by atoms with Crippen molar-refractivity contribution in [3.63, 3.8) is 0 Å². The first kappa shape index (κ1) is 18.7.